The molecule has 0 spiro atoms. The number of nitrogens with two attached hydrogens (primary N) is 1. The van der Waals surface area contributed by atoms with Crippen molar-refractivity contribution in [1.82, 2.24) is 14.5 Å². The van der Waals surface area contributed by atoms with Crippen molar-refractivity contribution in [2.24, 2.45) is 5.73 Å². The zero-order valence-electron chi connectivity index (χ0n) is 22.8. The molecule has 5 rings (SSSR count). The third-order valence-electron chi connectivity index (χ3n) is 8.07. The van der Waals surface area contributed by atoms with E-state index in [9.17, 15) is 4.79 Å². The van der Waals surface area contributed by atoms with E-state index in [1.807, 2.05) is 11.2 Å². The number of hydrogen-bond acceptors (Lipinski definition) is 3. The van der Waals surface area contributed by atoms with E-state index in [2.05, 4.69) is 109 Å². The van der Waals surface area contributed by atoms with Crippen molar-refractivity contribution in [2.45, 2.75) is 50.6 Å². The van der Waals surface area contributed by atoms with Crippen molar-refractivity contribution in [1.29, 1.82) is 0 Å². The van der Waals surface area contributed by atoms with Gasteiger partial charge in [0.05, 0.1) is 18.1 Å². The van der Waals surface area contributed by atoms with Crippen LogP contribution in [-0.4, -0.2) is 39.5 Å². The first-order valence-corrected chi connectivity index (χ1v) is 13.9. The molecular formula is C34H38N4O. The van der Waals surface area contributed by atoms with E-state index in [0.29, 0.717) is 6.42 Å². The normalized spacial score (nSPS) is 14.8. The molecule has 1 atom stereocenters. The van der Waals surface area contributed by atoms with E-state index in [1.165, 1.54) is 22.3 Å². The highest BCUT2D eigenvalue weighted by molar-refractivity contribution is 5.81. The van der Waals surface area contributed by atoms with Crippen LogP contribution in [0.2, 0.25) is 0 Å². The smallest absolute Gasteiger partial charge is 0.239 e. The predicted octanol–water partition coefficient (Wildman–Crippen LogP) is 5.86. The summed E-state index contributed by atoms with van der Waals surface area (Å²) in [7, 11) is 0. The van der Waals surface area contributed by atoms with Crippen molar-refractivity contribution in [3.63, 3.8) is 0 Å². The molecule has 1 aliphatic rings. The Kier molecular flexibility index (Phi) is 8.08. The van der Waals surface area contributed by atoms with Gasteiger partial charge in [-0.25, -0.2) is 4.98 Å². The fraction of sp³-hybridized carbons (Fsp3) is 0.294. The molecule has 1 aliphatic heterocycles. The second-order valence-corrected chi connectivity index (χ2v) is 10.5. The first kappa shape index (κ1) is 26.6. The topological polar surface area (TPSA) is 64.2 Å². The van der Waals surface area contributed by atoms with Crippen LogP contribution in [0, 0.1) is 6.92 Å². The van der Waals surface area contributed by atoms with E-state index in [0.717, 1.165) is 50.2 Å². The van der Waals surface area contributed by atoms with Crippen molar-refractivity contribution in [3.05, 3.63) is 138 Å². The first-order valence-electron chi connectivity index (χ1n) is 13.9. The minimum atomic E-state index is -0.580. The monoisotopic (exact) mass is 518 g/mol. The molecule has 5 heteroatoms. The van der Waals surface area contributed by atoms with Gasteiger partial charge in [0.2, 0.25) is 5.91 Å². The van der Waals surface area contributed by atoms with E-state index >= 15 is 0 Å². The molecule has 1 saturated heterocycles. The predicted molar refractivity (Wildman–Crippen MR) is 157 cm³/mol. The Morgan fingerprint density at radius 3 is 1.87 bits per heavy atom. The maximum Gasteiger partial charge on any atom is 0.239 e. The molecule has 0 saturated carbocycles. The lowest BCUT2D eigenvalue weighted by molar-refractivity contribution is -0.133. The number of rotatable bonds is 9. The van der Waals surface area contributed by atoms with Crippen LogP contribution in [0.4, 0.5) is 0 Å². The number of likely N-dealkylation sites (tertiary alicyclic amines) is 1. The quantitative estimate of drug-likeness (QED) is 0.223. The maximum atomic E-state index is 12.9. The van der Waals surface area contributed by atoms with E-state index in [1.54, 1.807) is 0 Å². The summed E-state index contributed by atoms with van der Waals surface area (Å²) in [5.41, 5.74) is 12.7. The van der Waals surface area contributed by atoms with Crippen LogP contribution in [-0.2, 0) is 16.8 Å². The van der Waals surface area contributed by atoms with Gasteiger partial charge in [0.15, 0.2) is 0 Å². The van der Waals surface area contributed by atoms with Crippen molar-refractivity contribution in [2.75, 3.05) is 13.1 Å². The molecule has 0 aliphatic carbocycles. The molecule has 2 N–H and O–H groups in total. The standard InChI is InChI=1S/C34H38N4O/c1-26-21-23-37(24-22-26)33(39)31(35)19-12-20-32-27(2)38(25-36-32)34(28-13-6-3-7-14-28,29-15-8-4-9-16-29)30-17-10-5-11-18-30/h3-11,13-18,25,31H,1,12,19-24,35H2,2H3. The van der Waals surface area contributed by atoms with Gasteiger partial charge in [-0.1, -0.05) is 103 Å². The number of carbonyl (C=O) groups is 1. The molecule has 1 amide bonds. The van der Waals surface area contributed by atoms with Gasteiger partial charge in [-0.3, -0.25) is 4.79 Å². The number of imidazole rings is 1. The summed E-state index contributed by atoms with van der Waals surface area (Å²) in [6, 6.07) is 31.4. The highest BCUT2D eigenvalue weighted by atomic mass is 16.2. The summed E-state index contributed by atoms with van der Waals surface area (Å²) in [6.45, 7) is 7.66. The lowest BCUT2D eigenvalue weighted by atomic mass is 9.76. The molecule has 39 heavy (non-hydrogen) atoms. The van der Waals surface area contributed by atoms with E-state index < -0.39 is 11.6 Å². The number of hydrogen-bond donors (Lipinski definition) is 1. The number of benzene rings is 3. The van der Waals surface area contributed by atoms with Gasteiger partial charge in [0, 0.05) is 18.8 Å². The summed E-state index contributed by atoms with van der Waals surface area (Å²) in [6.07, 6.45) is 5.95. The Bertz CT molecular complexity index is 1290. The van der Waals surface area contributed by atoms with E-state index in [-0.39, 0.29) is 5.91 Å². The molecular weight excluding hydrogens is 480 g/mol. The summed E-state index contributed by atoms with van der Waals surface area (Å²) < 4.78 is 2.31. The highest BCUT2D eigenvalue weighted by Gasteiger charge is 2.39. The summed E-state index contributed by atoms with van der Waals surface area (Å²) >= 11 is 0. The number of nitrogens with zero attached hydrogens (tertiary/aromatic N) is 3. The average molecular weight is 519 g/mol. The molecule has 200 valence electrons. The molecule has 2 heterocycles. The minimum Gasteiger partial charge on any atom is -0.341 e. The van der Waals surface area contributed by atoms with Gasteiger partial charge >= 0.3 is 0 Å². The minimum absolute atomic E-state index is 0.0565. The number of aryl methyl sites for hydroxylation is 1. The van der Waals surface area contributed by atoms with Gasteiger partial charge in [-0.2, -0.15) is 0 Å². The molecule has 5 nitrogen and oxygen atoms in total. The Morgan fingerprint density at radius 2 is 1.38 bits per heavy atom. The summed E-state index contributed by atoms with van der Waals surface area (Å²) in [5.74, 6) is 0.0565. The van der Waals surface area contributed by atoms with Gasteiger partial charge < -0.3 is 15.2 Å². The third kappa shape index (κ3) is 5.32. The number of carbonyl (C=O) groups excluding carboxylic acids is 1. The lowest BCUT2D eigenvalue weighted by Gasteiger charge is -2.38. The highest BCUT2D eigenvalue weighted by Crippen LogP contribution is 2.42. The van der Waals surface area contributed by atoms with Crippen LogP contribution < -0.4 is 5.73 Å². The van der Waals surface area contributed by atoms with Crippen molar-refractivity contribution < 1.29 is 4.79 Å². The van der Waals surface area contributed by atoms with Crippen molar-refractivity contribution >= 4 is 5.91 Å². The van der Waals surface area contributed by atoms with Gasteiger partial charge in [0.25, 0.3) is 0 Å². The van der Waals surface area contributed by atoms with Gasteiger partial charge in [0.1, 0.15) is 5.54 Å². The van der Waals surface area contributed by atoms with Crippen LogP contribution in [0.5, 0.6) is 0 Å². The molecule has 1 aromatic heterocycles. The van der Waals surface area contributed by atoms with Crippen LogP contribution in [0.25, 0.3) is 0 Å². The van der Waals surface area contributed by atoms with Crippen LogP contribution >= 0.6 is 0 Å². The number of piperidine rings is 1. The van der Waals surface area contributed by atoms with Gasteiger partial charge in [-0.05, 0) is 55.7 Å². The zero-order chi connectivity index (χ0) is 27.2. The Labute approximate surface area is 232 Å². The molecule has 1 fully saturated rings. The third-order valence-corrected chi connectivity index (χ3v) is 8.07. The van der Waals surface area contributed by atoms with Crippen LogP contribution in [0.3, 0.4) is 0 Å². The first-order chi connectivity index (χ1) is 19.0. The molecule has 4 aromatic rings. The summed E-state index contributed by atoms with van der Waals surface area (Å²) in [4.78, 5) is 19.7. The van der Waals surface area contributed by atoms with E-state index in [4.69, 9.17) is 10.7 Å². The molecule has 3 aromatic carbocycles. The lowest BCUT2D eigenvalue weighted by Crippen LogP contribution is -2.46. The second-order valence-electron chi connectivity index (χ2n) is 10.5. The second kappa shape index (κ2) is 11.8. The SMILES string of the molecule is C=C1CCN(C(=O)C(N)CCCc2ncn(C(c3ccccc3)(c3ccccc3)c3ccccc3)c2C)CC1. The molecule has 0 radical (unpaired) electrons. The van der Waals surface area contributed by atoms with Crippen LogP contribution in [0.15, 0.2) is 109 Å². The number of aromatic nitrogens is 2. The fourth-order valence-corrected chi connectivity index (χ4v) is 5.88. The molecule has 1 unspecified atom stereocenters. The fourth-order valence-electron chi connectivity index (χ4n) is 5.88. The van der Waals surface area contributed by atoms with Crippen molar-refractivity contribution in [3.8, 4) is 0 Å². The largest absolute Gasteiger partial charge is 0.341 e. The number of amides is 1. The van der Waals surface area contributed by atoms with Crippen LogP contribution in [0.1, 0.15) is 53.8 Å². The maximum absolute atomic E-state index is 12.9. The molecule has 0 bridgehead atoms. The average Bonchev–Trinajstić information content (AvgIpc) is 3.35. The zero-order valence-corrected chi connectivity index (χ0v) is 22.8. The Morgan fingerprint density at radius 1 is 0.897 bits per heavy atom. The van der Waals surface area contributed by atoms with Gasteiger partial charge in [-0.15, -0.1) is 0 Å². The Hall–Kier alpha value is -3.96. The summed E-state index contributed by atoms with van der Waals surface area (Å²) in [5, 5.41) is 0. The Balaban J connectivity index is 1.44.